The van der Waals surface area contributed by atoms with E-state index >= 15 is 0 Å². The summed E-state index contributed by atoms with van der Waals surface area (Å²) in [6.07, 6.45) is 0.353. The molecule has 6 nitrogen and oxygen atoms in total. The van der Waals surface area contributed by atoms with Gasteiger partial charge in [-0.2, -0.15) is 5.26 Å². The van der Waals surface area contributed by atoms with Gasteiger partial charge in [0.05, 0.1) is 24.7 Å². The van der Waals surface area contributed by atoms with E-state index in [4.69, 9.17) is 10.00 Å². The zero-order valence-corrected chi connectivity index (χ0v) is 20.6. The zero-order chi connectivity index (χ0) is 25.4. The average molecular weight is 470 g/mol. The van der Waals surface area contributed by atoms with Crippen LogP contribution in [-0.4, -0.2) is 44.0 Å². The summed E-state index contributed by atoms with van der Waals surface area (Å²) in [6, 6.07) is 24.5. The number of carbonyl (C=O) groups is 2. The molecule has 3 rings (SSSR count). The van der Waals surface area contributed by atoms with Crippen molar-refractivity contribution in [1.29, 1.82) is 5.26 Å². The van der Waals surface area contributed by atoms with Crippen LogP contribution in [0.4, 0.5) is 0 Å². The Balaban J connectivity index is 1.71. The number of rotatable bonds is 9. The molecule has 6 heteroatoms. The molecule has 2 unspecified atom stereocenters. The first-order valence-corrected chi connectivity index (χ1v) is 11.5. The van der Waals surface area contributed by atoms with Crippen LogP contribution in [-0.2, 0) is 22.5 Å². The van der Waals surface area contributed by atoms with Gasteiger partial charge in [0.15, 0.2) is 0 Å². The quantitative estimate of drug-likeness (QED) is 0.469. The van der Waals surface area contributed by atoms with Crippen LogP contribution in [0.5, 0.6) is 0 Å². The van der Waals surface area contributed by atoms with Crippen LogP contribution in [0, 0.1) is 17.2 Å². The summed E-state index contributed by atoms with van der Waals surface area (Å²) in [5.74, 6) is -1.25. The Kier molecular flexibility index (Phi) is 8.77. The molecule has 2 atom stereocenters. The van der Waals surface area contributed by atoms with Crippen molar-refractivity contribution in [1.82, 2.24) is 10.2 Å². The minimum atomic E-state index is -0.586. The third-order valence-corrected chi connectivity index (χ3v) is 5.88. The highest BCUT2D eigenvalue weighted by Gasteiger charge is 2.28. The van der Waals surface area contributed by atoms with Crippen molar-refractivity contribution in [3.05, 3.63) is 95.1 Å². The molecular weight excluding hydrogens is 438 g/mol. The van der Waals surface area contributed by atoms with E-state index in [2.05, 4.69) is 34.5 Å². The summed E-state index contributed by atoms with van der Waals surface area (Å²) in [5, 5.41) is 12.1. The molecule has 0 spiro atoms. The summed E-state index contributed by atoms with van der Waals surface area (Å²) in [7, 11) is 5.41. The molecule has 0 saturated heterocycles. The predicted octanol–water partition coefficient (Wildman–Crippen LogP) is 4.44. The summed E-state index contributed by atoms with van der Waals surface area (Å²) >= 11 is 0. The van der Waals surface area contributed by atoms with Crippen molar-refractivity contribution in [3.8, 4) is 17.2 Å². The number of hydrogen-bond acceptors (Lipinski definition) is 5. The minimum Gasteiger partial charge on any atom is -0.469 e. The van der Waals surface area contributed by atoms with Crippen molar-refractivity contribution < 1.29 is 14.3 Å². The summed E-state index contributed by atoms with van der Waals surface area (Å²) in [4.78, 5) is 27.5. The molecule has 1 amide bonds. The summed E-state index contributed by atoms with van der Waals surface area (Å²) in [6.45, 7) is 2.65. The highest BCUT2D eigenvalue weighted by atomic mass is 16.5. The maximum atomic E-state index is 12.9. The molecule has 0 heterocycles. The van der Waals surface area contributed by atoms with Crippen molar-refractivity contribution in [2.75, 3.05) is 21.2 Å². The van der Waals surface area contributed by atoms with Crippen LogP contribution < -0.4 is 5.32 Å². The molecule has 35 heavy (non-hydrogen) atoms. The SMILES string of the molecule is COC(=O)C(Cc1cccc(C#N)c1)C(C)NC(=O)c1ccc(-c2cccc(CN(C)C)c2)cc1. The number of nitriles is 1. The first-order chi connectivity index (χ1) is 16.8. The molecular formula is C29H31N3O3. The maximum absolute atomic E-state index is 12.9. The van der Waals surface area contributed by atoms with Gasteiger partial charge in [0.2, 0.25) is 0 Å². The van der Waals surface area contributed by atoms with Crippen molar-refractivity contribution in [3.63, 3.8) is 0 Å². The molecule has 0 radical (unpaired) electrons. The number of carbonyl (C=O) groups excluding carboxylic acids is 2. The van der Waals surface area contributed by atoms with Crippen molar-refractivity contribution >= 4 is 11.9 Å². The number of ether oxygens (including phenoxy) is 1. The van der Waals surface area contributed by atoms with Gasteiger partial charge in [0.25, 0.3) is 5.91 Å². The lowest BCUT2D eigenvalue weighted by Gasteiger charge is -2.23. The number of nitrogens with zero attached hydrogens (tertiary/aromatic N) is 2. The molecule has 3 aromatic carbocycles. The van der Waals surface area contributed by atoms with Crippen LogP contribution in [0.1, 0.15) is 34.0 Å². The molecule has 180 valence electrons. The van der Waals surface area contributed by atoms with Gasteiger partial charge in [0.1, 0.15) is 0 Å². The molecule has 0 fully saturated rings. The summed E-state index contributed by atoms with van der Waals surface area (Å²) in [5.41, 5.74) is 5.21. The number of methoxy groups -OCH3 is 1. The van der Waals surface area contributed by atoms with Crippen LogP contribution in [0.3, 0.4) is 0 Å². The monoisotopic (exact) mass is 469 g/mol. The van der Waals surface area contributed by atoms with Gasteiger partial charge in [-0.05, 0) is 80.0 Å². The Hall–Kier alpha value is -3.95. The second-order valence-corrected chi connectivity index (χ2v) is 8.92. The molecule has 0 aromatic heterocycles. The largest absolute Gasteiger partial charge is 0.469 e. The van der Waals surface area contributed by atoms with E-state index in [0.717, 1.165) is 23.2 Å². The lowest BCUT2D eigenvalue weighted by molar-refractivity contribution is -0.146. The third-order valence-electron chi connectivity index (χ3n) is 5.88. The first-order valence-electron chi connectivity index (χ1n) is 11.5. The minimum absolute atomic E-state index is 0.259. The van der Waals surface area contributed by atoms with E-state index in [0.29, 0.717) is 17.5 Å². The van der Waals surface area contributed by atoms with Gasteiger partial charge < -0.3 is 15.0 Å². The van der Waals surface area contributed by atoms with Crippen LogP contribution >= 0.6 is 0 Å². The third kappa shape index (κ3) is 7.02. The fourth-order valence-corrected chi connectivity index (χ4v) is 4.06. The second-order valence-electron chi connectivity index (χ2n) is 8.92. The maximum Gasteiger partial charge on any atom is 0.311 e. The highest BCUT2D eigenvalue weighted by molar-refractivity contribution is 5.95. The normalized spacial score (nSPS) is 12.5. The fraction of sp³-hybridized carbons (Fsp3) is 0.276. The lowest BCUT2D eigenvalue weighted by Crippen LogP contribution is -2.42. The first kappa shape index (κ1) is 25.7. The number of benzene rings is 3. The molecule has 0 aliphatic rings. The molecule has 0 aliphatic heterocycles. The number of hydrogen-bond donors (Lipinski definition) is 1. The van der Waals surface area contributed by atoms with Crippen LogP contribution in [0.15, 0.2) is 72.8 Å². The Morgan fingerprint density at radius 3 is 2.31 bits per heavy atom. The number of nitrogens with one attached hydrogen (secondary N) is 1. The van der Waals surface area contributed by atoms with Gasteiger partial charge in [-0.1, -0.05) is 42.5 Å². The second kappa shape index (κ2) is 12.0. The van der Waals surface area contributed by atoms with E-state index in [9.17, 15) is 9.59 Å². The van der Waals surface area contributed by atoms with Crippen LogP contribution in [0.2, 0.25) is 0 Å². The lowest BCUT2D eigenvalue weighted by atomic mass is 9.92. The molecule has 0 bridgehead atoms. The molecule has 3 aromatic rings. The van der Waals surface area contributed by atoms with E-state index in [1.54, 1.807) is 37.3 Å². The topological polar surface area (TPSA) is 82.4 Å². The Bertz CT molecular complexity index is 1210. The van der Waals surface area contributed by atoms with Gasteiger partial charge in [0, 0.05) is 18.2 Å². The number of amides is 1. The number of esters is 1. The fourth-order valence-electron chi connectivity index (χ4n) is 4.06. The standard InChI is InChI=1S/C29H31N3O3/c1-20(27(29(34)35-4)17-21-7-5-8-22(15-21)18-30)31-28(33)25-13-11-24(12-14-25)26-10-6-9-23(16-26)19-32(2)3/h5-16,20,27H,17,19H2,1-4H3,(H,31,33). The molecule has 1 N–H and O–H groups in total. The van der Waals surface area contributed by atoms with E-state index in [-0.39, 0.29) is 5.91 Å². The van der Waals surface area contributed by atoms with Gasteiger partial charge >= 0.3 is 5.97 Å². The Labute approximate surface area is 207 Å². The van der Waals surface area contributed by atoms with Crippen molar-refractivity contribution in [2.45, 2.75) is 25.9 Å². The van der Waals surface area contributed by atoms with Gasteiger partial charge in [-0.3, -0.25) is 9.59 Å². The van der Waals surface area contributed by atoms with Crippen LogP contribution in [0.25, 0.3) is 11.1 Å². The van der Waals surface area contributed by atoms with Crippen molar-refractivity contribution in [2.24, 2.45) is 5.92 Å². The highest BCUT2D eigenvalue weighted by Crippen LogP contribution is 2.22. The smallest absolute Gasteiger partial charge is 0.311 e. The Morgan fingerprint density at radius 2 is 1.66 bits per heavy atom. The van der Waals surface area contributed by atoms with Gasteiger partial charge in [-0.25, -0.2) is 0 Å². The summed E-state index contributed by atoms with van der Waals surface area (Å²) < 4.78 is 4.99. The van der Waals surface area contributed by atoms with Gasteiger partial charge in [-0.15, -0.1) is 0 Å². The predicted molar refractivity (Wildman–Crippen MR) is 137 cm³/mol. The van der Waals surface area contributed by atoms with E-state index in [1.807, 2.05) is 38.4 Å². The Morgan fingerprint density at radius 1 is 0.971 bits per heavy atom. The molecule has 0 saturated carbocycles. The van der Waals surface area contributed by atoms with E-state index in [1.165, 1.54) is 12.7 Å². The van der Waals surface area contributed by atoms with E-state index < -0.39 is 17.9 Å². The zero-order valence-electron chi connectivity index (χ0n) is 20.6. The average Bonchev–Trinajstić information content (AvgIpc) is 2.86. The molecule has 0 aliphatic carbocycles.